The molecule has 208 valence electrons. The molecule has 0 aliphatic carbocycles. The fraction of sp³-hybridized carbons (Fsp3) is 0.692. The molecule has 0 saturated carbocycles. The average molecular weight is 538 g/mol. The molecule has 1 N–H and O–H groups in total. The number of piperazine rings is 1. The summed E-state index contributed by atoms with van der Waals surface area (Å²) in [6.07, 6.45) is 3.92. The highest BCUT2D eigenvalue weighted by Crippen LogP contribution is 2.33. The minimum atomic E-state index is -3.70. The third kappa shape index (κ3) is 6.88. The van der Waals surface area contributed by atoms with Gasteiger partial charge in [-0.25, -0.2) is 8.42 Å². The van der Waals surface area contributed by atoms with Crippen LogP contribution < -0.4 is 4.74 Å². The van der Waals surface area contributed by atoms with Gasteiger partial charge in [0.25, 0.3) is 0 Å². The van der Waals surface area contributed by atoms with Gasteiger partial charge in [-0.05, 0) is 63.2 Å². The van der Waals surface area contributed by atoms with Crippen LogP contribution in [-0.2, 0) is 19.6 Å². The number of ether oxygens (including phenoxy) is 2. The van der Waals surface area contributed by atoms with E-state index in [1.807, 2.05) is 4.90 Å². The van der Waals surface area contributed by atoms with Crippen LogP contribution in [0.5, 0.6) is 5.75 Å². The summed E-state index contributed by atoms with van der Waals surface area (Å²) in [6.45, 7) is 9.04. The molecule has 37 heavy (non-hydrogen) atoms. The highest BCUT2D eigenvalue weighted by molar-refractivity contribution is 7.89. The molecule has 2 aliphatic rings. The maximum Gasteiger partial charge on any atom is 0.248 e. The van der Waals surface area contributed by atoms with E-state index >= 15 is 0 Å². The van der Waals surface area contributed by atoms with Crippen LogP contribution in [0, 0.1) is 19.3 Å². The molecule has 3 rings (SSSR count). The van der Waals surface area contributed by atoms with Crippen molar-refractivity contribution in [2.75, 3.05) is 80.2 Å². The lowest BCUT2D eigenvalue weighted by Gasteiger charge is -2.51. The molecule has 0 spiro atoms. The maximum absolute atomic E-state index is 13.1. The smallest absolute Gasteiger partial charge is 0.248 e. The Morgan fingerprint density at radius 1 is 1.11 bits per heavy atom. The number of nitrogens with zero attached hydrogens (tertiary/aromatic N) is 4. The van der Waals surface area contributed by atoms with Crippen LogP contribution in [0.1, 0.15) is 30.4 Å². The van der Waals surface area contributed by atoms with Gasteiger partial charge in [0.1, 0.15) is 12.4 Å². The van der Waals surface area contributed by atoms with Crippen molar-refractivity contribution in [3.8, 4) is 5.75 Å². The number of sulfonamides is 1. The lowest BCUT2D eigenvalue weighted by Crippen LogP contribution is -2.61. The van der Waals surface area contributed by atoms with Gasteiger partial charge in [0.05, 0.1) is 18.6 Å². The molecule has 0 bridgehead atoms. The molecule has 2 heterocycles. The molecule has 0 unspecified atom stereocenters. The number of hydrogen-bond donors (Lipinski definition) is 1. The predicted molar refractivity (Wildman–Crippen MR) is 144 cm³/mol. The van der Waals surface area contributed by atoms with E-state index in [1.54, 1.807) is 33.1 Å². The SMILES string of the molecule is COc1cc(C)c(S(=O)(=O)N(C)CCOCC(=O)N2CCC(CC=N)(N3CCN(C)CC3)CC2)c(C)c1. The highest BCUT2D eigenvalue weighted by atomic mass is 32.2. The van der Waals surface area contributed by atoms with Gasteiger partial charge in [-0.3, -0.25) is 9.69 Å². The number of piperidine rings is 1. The van der Waals surface area contributed by atoms with E-state index in [-0.39, 0.29) is 36.1 Å². The third-order valence-electron chi connectivity index (χ3n) is 7.82. The molecule has 0 aromatic heterocycles. The number of methoxy groups -OCH3 is 1. The number of likely N-dealkylation sites (N-methyl/N-ethyl adjacent to an activating group) is 2. The van der Waals surface area contributed by atoms with E-state index < -0.39 is 10.0 Å². The number of aryl methyl sites for hydroxylation is 2. The number of benzene rings is 1. The Morgan fingerprint density at radius 2 is 1.70 bits per heavy atom. The van der Waals surface area contributed by atoms with Crippen LogP contribution in [0.4, 0.5) is 0 Å². The molecule has 2 aliphatic heterocycles. The lowest BCUT2D eigenvalue weighted by atomic mass is 9.82. The summed E-state index contributed by atoms with van der Waals surface area (Å²) in [5, 5.41) is 7.73. The topological polar surface area (TPSA) is 106 Å². The van der Waals surface area contributed by atoms with Gasteiger partial charge in [-0.1, -0.05) is 0 Å². The molecule has 11 heteroatoms. The summed E-state index contributed by atoms with van der Waals surface area (Å²) in [5.74, 6) is 0.545. The second-order valence-electron chi connectivity index (χ2n) is 10.3. The molecule has 2 fully saturated rings. The van der Waals surface area contributed by atoms with Gasteiger partial charge in [0.2, 0.25) is 15.9 Å². The predicted octanol–water partition coefficient (Wildman–Crippen LogP) is 1.60. The van der Waals surface area contributed by atoms with Crippen LogP contribution in [0.2, 0.25) is 0 Å². The molecular weight excluding hydrogens is 494 g/mol. The number of carbonyl (C=O) groups is 1. The molecule has 10 nitrogen and oxygen atoms in total. The zero-order valence-electron chi connectivity index (χ0n) is 23.0. The number of rotatable bonds is 11. The quantitative estimate of drug-likeness (QED) is 0.338. The van der Waals surface area contributed by atoms with Gasteiger partial charge in [-0.15, -0.1) is 0 Å². The van der Waals surface area contributed by atoms with E-state index in [0.717, 1.165) is 39.0 Å². The molecule has 0 radical (unpaired) electrons. The first-order valence-corrected chi connectivity index (χ1v) is 14.4. The Balaban J connectivity index is 1.48. The van der Waals surface area contributed by atoms with Crippen molar-refractivity contribution in [2.24, 2.45) is 0 Å². The van der Waals surface area contributed by atoms with Crippen molar-refractivity contribution >= 4 is 22.1 Å². The fourth-order valence-corrected chi connectivity index (χ4v) is 7.01. The summed E-state index contributed by atoms with van der Waals surface area (Å²) >= 11 is 0. The van der Waals surface area contributed by atoms with Crippen LogP contribution >= 0.6 is 0 Å². The maximum atomic E-state index is 13.1. The lowest BCUT2D eigenvalue weighted by molar-refractivity contribution is -0.139. The molecule has 0 atom stereocenters. The van der Waals surface area contributed by atoms with Crippen LogP contribution in [0.15, 0.2) is 17.0 Å². The van der Waals surface area contributed by atoms with Crippen molar-refractivity contribution in [3.05, 3.63) is 23.3 Å². The molecular formula is C26H43N5O5S. The van der Waals surface area contributed by atoms with Crippen molar-refractivity contribution < 1.29 is 22.7 Å². The highest BCUT2D eigenvalue weighted by Gasteiger charge is 2.40. The van der Waals surface area contributed by atoms with Crippen LogP contribution in [0.25, 0.3) is 0 Å². The van der Waals surface area contributed by atoms with E-state index in [9.17, 15) is 13.2 Å². The molecule has 1 aromatic rings. The van der Waals surface area contributed by atoms with Gasteiger partial charge in [-0.2, -0.15) is 4.31 Å². The van der Waals surface area contributed by atoms with Gasteiger partial charge < -0.3 is 24.7 Å². The Bertz CT molecular complexity index is 1020. The number of amides is 1. The summed E-state index contributed by atoms with van der Waals surface area (Å²) in [5.41, 5.74) is 1.20. The van der Waals surface area contributed by atoms with E-state index in [2.05, 4.69) is 16.8 Å². The summed E-state index contributed by atoms with van der Waals surface area (Å²) < 4.78 is 38.4. The van der Waals surface area contributed by atoms with E-state index in [4.69, 9.17) is 14.9 Å². The summed E-state index contributed by atoms with van der Waals surface area (Å²) in [4.78, 5) is 19.7. The zero-order valence-corrected chi connectivity index (χ0v) is 23.8. The molecule has 2 saturated heterocycles. The van der Waals surface area contributed by atoms with E-state index in [0.29, 0.717) is 36.4 Å². The van der Waals surface area contributed by atoms with Crippen LogP contribution in [-0.4, -0.2) is 125 Å². The van der Waals surface area contributed by atoms with Crippen molar-refractivity contribution in [1.82, 2.24) is 19.0 Å². The Morgan fingerprint density at radius 3 is 2.24 bits per heavy atom. The van der Waals surface area contributed by atoms with Crippen molar-refractivity contribution in [1.29, 1.82) is 5.41 Å². The normalized spacial score (nSPS) is 19.2. The largest absolute Gasteiger partial charge is 0.497 e. The van der Waals surface area contributed by atoms with E-state index in [1.165, 1.54) is 17.6 Å². The first kappa shape index (κ1) is 29.5. The van der Waals surface area contributed by atoms with Crippen LogP contribution in [0.3, 0.4) is 0 Å². The summed E-state index contributed by atoms with van der Waals surface area (Å²) in [6, 6.07) is 3.42. The standard InChI is InChI=1S/C26H43N5O5S/c1-21-18-23(35-5)19-22(2)25(21)37(33,34)29(4)16-17-36-20-24(32)30-10-7-26(6-9-27,8-11-30)31-14-12-28(3)13-15-31/h9,18-19,27H,6-8,10-17,20H2,1-5H3. The second-order valence-corrected chi connectivity index (χ2v) is 12.3. The number of likely N-dealkylation sites (tertiary alicyclic amines) is 1. The monoisotopic (exact) mass is 537 g/mol. The van der Waals surface area contributed by atoms with Crippen molar-refractivity contribution in [2.45, 2.75) is 43.5 Å². The molecule has 1 amide bonds. The van der Waals surface area contributed by atoms with Gasteiger partial charge >= 0.3 is 0 Å². The first-order valence-electron chi connectivity index (χ1n) is 12.9. The minimum absolute atomic E-state index is 0.0462. The fourth-order valence-electron chi connectivity index (χ4n) is 5.45. The third-order valence-corrected chi connectivity index (χ3v) is 9.98. The molecule has 1 aromatic carbocycles. The average Bonchev–Trinajstić information content (AvgIpc) is 2.86. The Labute approximate surface area is 222 Å². The Hall–Kier alpha value is -2.05. The number of nitrogens with one attached hydrogen (secondary N) is 1. The minimum Gasteiger partial charge on any atom is -0.497 e. The van der Waals surface area contributed by atoms with Crippen molar-refractivity contribution in [3.63, 3.8) is 0 Å². The second kappa shape index (κ2) is 12.7. The van der Waals surface area contributed by atoms with Gasteiger partial charge in [0.15, 0.2) is 0 Å². The first-order chi connectivity index (χ1) is 17.5. The Kier molecular flexibility index (Phi) is 10.1. The van der Waals surface area contributed by atoms with Gasteiger partial charge in [0, 0.05) is 64.8 Å². The number of hydrogen-bond acceptors (Lipinski definition) is 8. The zero-order chi connectivity index (χ0) is 27.2. The summed E-state index contributed by atoms with van der Waals surface area (Å²) in [7, 11) is 1.51. The number of carbonyl (C=O) groups excluding carboxylic acids is 1.